The van der Waals surface area contributed by atoms with Gasteiger partial charge in [-0.25, -0.2) is 9.59 Å². The van der Waals surface area contributed by atoms with Gasteiger partial charge in [-0.1, -0.05) is 13.8 Å². The molecule has 0 saturated carbocycles. The molecule has 1 rings (SSSR count). The maximum atomic E-state index is 11.8. The average molecular weight is 271 g/mol. The standard InChI is InChI=1S/C13H25N3O3/c1-3-13(4-2,11(17)18)15-12(19)14-7-10-16-8-5-6-9-16/h3-10H2,1-2H3,(H,17,18)(H2,14,15,19). The van der Waals surface area contributed by atoms with Crippen molar-refractivity contribution in [2.24, 2.45) is 0 Å². The summed E-state index contributed by atoms with van der Waals surface area (Å²) in [6, 6.07) is -0.398. The third-order valence-corrected chi connectivity index (χ3v) is 3.88. The zero-order valence-corrected chi connectivity index (χ0v) is 11.9. The Hall–Kier alpha value is -1.30. The summed E-state index contributed by atoms with van der Waals surface area (Å²) < 4.78 is 0. The van der Waals surface area contributed by atoms with Crippen LogP contribution in [0.1, 0.15) is 39.5 Å². The van der Waals surface area contributed by atoms with Crippen molar-refractivity contribution in [1.82, 2.24) is 15.5 Å². The van der Waals surface area contributed by atoms with Crippen LogP contribution in [0.2, 0.25) is 0 Å². The summed E-state index contributed by atoms with van der Waals surface area (Å²) in [7, 11) is 0. The lowest BCUT2D eigenvalue weighted by molar-refractivity contribution is -0.144. The van der Waals surface area contributed by atoms with Crippen molar-refractivity contribution >= 4 is 12.0 Å². The number of aliphatic carboxylic acids is 1. The minimum absolute atomic E-state index is 0.373. The van der Waals surface area contributed by atoms with E-state index < -0.39 is 17.5 Å². The van der Waals surface area contributed by atoms with E-state index in [-0.39, 0.29) is 0 Å². The maximum Gasteiger partial charge on any atom is 0.329 e. The molecule has 6 nitrogen and oxygen atoms in total. The van der Waals surface area contributed by atoms with E-state index in [9.17, 15) is 14.7 Å². The van der Waals surface area contributed by atoms with Crippen LogP contribution in [0.15, 0.2) is 0 Å². The molecule has 0 aromatic rings. The number of hydrogen-bond acceptors (Lipinski definition) is 3. The molecule has 0 aromatic carbocycles. The summed E-state index contributed by atoms with van der Waals surface area (Å²) in [6.07, 6.45) is 3.19. The molecular weight excluding hydrogens is 246 g/mol. The summed E-state index contributed by atoms with van der Waals surface area (Å²) in [5.41, 5.74) is -1.16. The second-order valence-electron chi connectivity index (χ2n) is 5.02. The fourth-order valence-electron chi connectivity index (χ4n) is 2.38. The predicted molar refractivity (Wildman–Crippen MR) is 73.2 cm³/mol. The first-order valence-electron chi connectivity index (χ1n) is 7.06. The lowest BCUT2D eigenvalue weighted by Gasteiger charge is -2.28. The van der Waals surface area contributed by atoms with Gasteiger partial charge < -0.3 is 20.6 Å². The van der Waals surface area contributed by atoms with E-state index in [2.05, 4.69) is 15.5 Å². The molecule has 1 saturated heterocycles. The molecule has 0 unspecified atom stereocenters. The van der Waals surface area contributed by atoms with E-state index in [0.717, 1.165) is 19.6 Å². The Bertz CT molecular complexity index is 310. The first-order valence-corrected chi connectivity index (χ1v) is 7.06. The van der Waals surface area contributed by atoms with Gasteiger partial charge in [0.2, 0.25) is 0 Å². The summed E-state index contributed by atoms with van der Waals surface area (Å²) in [4.78, 5) is 25.3. The second-order valence-corrected chi connectivity index (χ2v) is 5.02. The van der Waals surface area contributed by atoms with Crippen LogP contribution in [-0.2, 0) is 4.79 Å². The molecule has 1 aliphatic heterocycles. The number of carboxylic acid groups (broad SMARTS) is 1. The smallest absolute Gasteiger partial charge is 0.329 e. The van der Waals surface area contributed by atoms with Crippen molar-refractivity contribution in [2.75, 3.05) is 26.2 Å². The van der Waals surface area contributed by atoms with Crippen LogP contribution in [0, 0.1) is 0 Å². The molecule has 2 amide bonds. The highest BCUT2D eigenvalue weighted by Crippen LogP contribution is 2.15. The fraction of sp³-hybridized carbons (Fsp3) is 0.846. The van der Waals surface area contributed by atoms with Gasteiger partial charge in [0.25, 0.3) is 0 Å². The molecule has 6 heteroatoms. The van der Waals surface area contributed by atoms with Gasteiger partial charge in [0.1, 0.15) is 5.54 Å². The van der Waals surface area contributed by atoms with Crippen molar-refractivity contribution < 1.29 is 14.7 Å². The Balaban J connectivity index is 2.33. The topological polar surface area (TPSA) is 81.7 Å². The Morgan fingerprint density at radius 1 is 1.21 bits per heavy atom. The average Bonchev–Trinajstić information content (AvgIpc) is 2.89. The van der Waals surface area contributed by atoms with Gasteiger partial charge in [0.15, 0.2) is 0 Å². The number of likely N-dealkylation sites (tertiary alicyclic amines) is 1. The number of rotatable bonds is 7. The van der Waals surface area contributed by atoms with Crippen molar-refractivity contribution in [2.45, 2.75) is 45.1 Å². The van der Waals surface area contributed by atoms with E-state index in [1.165, 1.54) is 12.8 Å². The zero-order valence-electron chi connectivity index (χ0n) is 11.9. The van der Waals surface area contributed by atoms with Crippen LogP contribution in [0.3, 0.4) is 0 Å². The van der Waals surface area contributed by atoms with Gasteiger partial charge in [0, 0.05) is 13.1 Å². The van der Waals surface area contributed by atoms with E-state index in [1.54, 1.807) is 13.8 Å². The summed E-state index contributed by atoms with van der Waals surface area (Å²) in [5.74, 6) is -0.979. The summed E-state index contributed by atoms with van der Waals surface area (Å²) in [6.45, 7) is 7.09. The van der Waals surface area contributed by atoms with Gasteiger partial charge >= 0.3 is 12.0 Å². The molecule has 3 N–H and O–H groups in total. The molecule has 110 valence electrons. The Kier molecular flexibility index (Phi) is 6.08. The summed E-state index contributed by atoms with van der Waals surface area (Å²) in [5, 5.41) is 14.5. The largest absolute Gasteiger partial charge is 0.480 e. The Labute approximate surface area is 114 Å². The molecule has 0 bridgehead atoms. The third-order valence-electron chi connectivity index (χ3n) is 3.88. The predicted octanol–water partition coefficient (Wildman–Crippen LogP) is 1.02. The number of nitrogens with one attached hydrogen (secondary N) is 2. The van der Waals surface area contributed by atoms with Crippen molar-refractivity contribution in [3.8, 4) is 0 Å². The molecule has 1 fully saturated rings. The molecule has 1 heterocycles. The second kappa shape index (κ2) is 7.33. The molecule has 0 atom stereocenters. The number of nitrogens with zero attached hydrogens (tertiary/aromatic N) is 1. The number of carbonyl (C=O) groups excluding carboxylic acids is 1. The third kappa shape index (κ3) is 4.38. The van der Waals surface area contributed by atoms with Crippen molar-refractivity contribution in [3.63, 3.8) is 0 Å². The van der Waals surface area contributed by atoms with Crippen LogP contribution in [0.25, 0.3) is 0 Å². The SMILES string of the molecule is CCC(CC)(NC(=O)NCCN1CCCC1)C(=O)O. The molecule has 19 heavy (non-hydrogen) atoms. The van der Waals surface area contributed by atoms with Gasteiger partial charge in [-0.2, -0.15) is 0 Å². The molecule has 0 aliphatic carbocycles. The van der Waals surface area contributed by atoms with Gasteiger partial charge in [-0.15, -0.1) is 0 Å². The van der Waals surface area contributed by atoms with Gasteiger partial charge in [-0.05, 0) is 38.8 Å². The molecular formula is C13H25N3O3. The number of urea groups is 1. The lowest BCUT2D eigenvalue weighted by Crippen LogP contribution is -2.57. The van der Waals surface area contributed by atoms with Crippen LogP contribution in [-0.4, -0.2) is 53.7 Å². The summed E-state index contributed by atoms with van der Waals surface area (Å²) >= 11 is 0. The molecule has 1 aliphatic rings. The fourth-order valence-corrected chi connectivity index (χ4v) is 2.38. The highest BCUT2D eigenvalue weighted by molar-refractivity contribution is 5.86. The van der Waals surface area contributed by atoms with Gasteiger partial charge in [-0.3, -0.25) is 0 Å². The minimum Gasteiger partial charge on any atom is -0.480 e. The van der Waals surface area contributed by atoms with E-state index in [4.69, 9.17) is 0 Å². The quantitative estimate of drug-likeness (QED) is 0.646. The van der Waals surface area contributed by atoms with E-state index >= 15 is 0 Å². The highest BCUT2D eigenvalue weighted by atomic mass is 16.4. The monoisotopic (exact) mass is 271 g/mol. The number of carbonyl (C=O) groups is 2. The highest BCUT2D eigenvalue weighted by Gasteiger charge is 2.36. The maximum absolute atomic E-state index is 11.8. The van der Waals surface area contributed by atoms with Crippen LogP contribution in [0.5, 0.6) is 0 Å². The van der Waals surface area contributed by atoms with E-state index in [1.807, 2.05) is 0 Å². The lowest BCUT2D eigenvalue weighted by atomic mass is 9.93. The van der Waals surface area contributed by atoms with Crippen LogP contribution in [0.4, 0.5) is 4.79 Å². The number of amides is 2. The zero-order chi connectivity index (χ0) is 14.3. The molecule has 0 spiro atoms. The van der Waals surface area contributed by atoms with Crippen LogP contribution >= 0.6 is 0 Å². The Morgan fingerprint density at radius 2 is 1.79 bits per heavy atom. The van der Waals surface area contributed by atoms with Crippen molar-refractivity contribution in [3.05, 3.63) is 0 Å². The van der Waals surface area contributed by atoms with Crippen LogP contribution < -0.4 is 10.6 Å². The van der Waals surface area contributed by atoms with Gasteiger partial charge in [0.05, 0.1) is 0 Å². The van der Waals surface area contributed by atoms with Crippen molar-refractivity contribution in [1.29, 1.82) is 0 Å². The molecule has 0 radical (unpaired) electrons. The minimum atomic E-state index is -1.16. The Morgan fingerprint density at radius 3 is 2.26 bits per heavy atom. The normalized spacial score (nSPS) is 16.3. The van der Waals surface area contributed by atoms with E-state index in [0.29, 0.717) is 19.4 Å². The number of hydrogen-bond donors (Lipinski definition) is 3. The first-order chi connectivity index (χ1) is 9.04. The molecule has 0 aromatic heterocycles. The first kappa shape index (κ1) is 15.8. The number of carboxylic acids is 1.